The molecule has 1 aromatic heterocycles. The Hall–Kier alpha value is -2.40. The number of aromatic nitrogens is 1. The first-order valence-electron chi connectivity index (χ1n) is 8.06. The fraction of sp³-hybridized carbons (Fsp3) is 0.368. The van der Waals surface area contributed by atoms with Crippen molar-refractivity contribution in [3.05, 3.63) is 48.2 Å². The van der Waals surface area contributed by atoms with Crippen molar-refractivity contribution in [3.63, 3.8) is 0 Å². The minimum absolute atomic E-state index is 0.0762. The second kappa shape index (κ2) is 8.45. The molecule has 128 valence electrons. The summed E-state index contributed by atoms with van der Waals surface area (Å²) >= 11 is 0. The van der Waals surface area contributed by atoms with Crippen LogP contribution in [-0.4, -0.2) is 35.8 Å². The summed E-state index contributed by atoms with van der Waals surface area (Å²) in [6, 6.07) is 10.6. The molecule has 1 atom stereocenters. The maximum atomic E-state index is 12.5. The van der Waals surface area contributed by atoms with Gasteiger partial charge in [0.15, 0.2) is 0 Å². The van der Waals surface area contributed by atoms with E-state index in [9.17, 15) is 9.90 Å². The normalized spacial score (nSPS) is 12.0. The lowest BCUT2D eigenvalue weighted by molar-refractivity contribution is 0.0908. The number of hydrogen-bond donors (Lipinski definition) is 2. The predicted molar refractivity (Wildman–Crippen MR) is 94.0 cm³/mol. The number of aliphatic hydroxyl groups is 1. The first-order valence-corrected chi connectivity index (χ1v) is 8.06. The molecular weight excluding hydrogens is 304 g/mol. The van der Waals surface area contributed by atoms with Crippen molar-refractivity contribution in [3.8, 4) is 17.0 Å². The Morgan fingerprint density at radius 1 is 1.29 bits per heavy atom. The molecule has 1 aromatic carbocycles. The zero-order chi connectivity index (χ0) is 17.5. The lowest BCUT2D eigenvalue weighted by atomic mass is 10.0. The van der Waals surface area contributed by atoms with Gasteiger partial charge < -0.3 is 15.2 Å². The van der Waals surface area contributed by atoms with Crippen molar-refractivity contribution in [1.82, 2.24) is 10.3 Å². The van der Waals surface area contributed by atoms with Crippen molar-refractivity contribution in [1.29, 1.82) is 0 Å². The van der Waals surface area contributed by atoms with Gasteiger partial charge in [0.2, 0.25) is 0 Å². The molecule has 0 aliphatic carbocycles. The quantitative estimate of drug-likeness (QED) is 0.820. The van der Waals surface area contributed by atoms with E-state index >= 15 is 0 Å². The molecule has 24 heavy (non-hydrogen) atoms. The molecule has 0 radical (unpaired) electrons. The van der Waals surface area contributed by atoms with E-state index in [2.05, 4.69) is 24.1 Å². The summed E-state index contributed by atoms with van der Waals surface area (Å²) in [5.41, 5.74) is 2.01. The van der Waals surface area contributed by atoms with E-state index in [0.29, 0.717) is 17.2 Å². The molecule has 1 heterocycles. The molecular formula is C19H24N2O3. The molecule has 0 saturated heterocycles. The average Bonchev–Trinajstić information content (AvgIpc) is 2.60. The molecule has 0 saturated carbocycles. The highest BCUT2D eigenvalue weighted by Gasteiger charge is 2.16. The number of aliphatic hydroxyl groups excluding tert-OH is 1. The Balaban J connectivity index is 2.26. The third-order valence-corrected chi connectivity index (χ3v) is 3.71. The Kier molecular flexibility index (Phi) is 6.32. The molecule has 1 amide bonds. The van der Waals surface area contributed by atoms with Crippen LogP contribution in [0.4, 0.5) is 0 Å². The van der Waals surface area contributed by atoms with E-state index in [1.54, 1.807) is 31.5 Å². The van der Waals surface area contributed by atoms with Crippen molar-refractivity contribution >= 4 is 5.91 Å². The van der Waals surface area contributed by atoms with Gasteiger partial charge in [-0.1, -0.05) is 19.9 Å². The fourth-order valence-corrected chi connectivity index (χ4v) is 2.59. The van der Waals surface area contributed by atoms with Gasteiger partial charge in [-0.15, -0.1) is 0 Å². The van der Waals surface area contributed by atoms with Crippen LogP contribution in [0, 0.1) is 5.92 Å². The summed E-state index contributed by atoms with van der Waals surface area (Å²) in [4.78, 5) is 16.8. The topological polar surface area (TPSA) is 71.5 Å². The SMILES string of the molecule is COc1ccc(C(=O)NC(CO)CC(C)C)cc1-c1ccccn1. The van der Waals surface area contributed by atoms with Gasteiger partial charge in [-0.25, -0.2) is 0 Å². The van der Waals surface area contributed by atoms with Crippen LogP contribution in [-0.2, 0) is 0 Å². The minimum atomic E-state index is -0.252. The van der Waals surface area contributed by atoms with Gasteiger partial charge in [0.05, 0.1) is 25.5 Å². The zero-order valence-electron chi connectivity index (χ0n) is 14.3. The number of hydrogen-bond acceptors (Lipinski definition) is 4. The van der Waals surface area contributed by atoms with Crippen LogP contribution in [0.5, 0.6) is 5.75 Å². The first kappa shape index (κ1) is 17.9. The van der Waals surface area contributed by atoms with Gasteiger partial charge in [-0.05, 0) is 42.7 Å². The minimum Gasteiger partial charge on any atom is -0.496 e. The summed E-state index contributed by atoms with van der Waals surface area (Å²) in [5, 5.41) is 12.3. The molecule has 1 unspecified atom stereocenters. The number of carbonyl (C=O) groups is 1. The van der Waals surface area contributed by atoms with E-state index in [4.69, 9.17) is 4.74 Å². The fourth-order valence-electron chi connectivity index (χ4n) is 2.59. The van der Waals surface area contributed by atoms with Gasteiger partial charge >= 0.3 is 0 Å². The van der Waals surface area contributed by atoms with Gasteiger partial charge in [-0.2, -0.15) is 0 Å². The van der Waals surface area contributed by atoms with Crippen LogP contribution >= 0.6 is 0 Å². The van der Waals surface area contributed by atoms with E-state index in [-0.39, 0.29) is 18.6 Å². The average molecular weight is 328 g/mol. The van der Waals surface area contributed by atoms with E-state index in [1.807, 2.05) is 18.2 Å². The van der Waals surface area contributed by atoms with Crippen molar-refractivity contribution in [2.24, 2.45) is 5.92 Å². The van der Waals surface area contributed by atoms with E-state index in [0.717, 1.165) is 17.7 Å². The lowest BCUT2D eigenvalue weighted by Gasteiger charge is -2.18. The highest BCUT2D eigenvalue weighted by molar-refractivity contribution is 5.96. The second-order valence-corrected chi connectivity index (χ2v) is 6.11. The van der Waals surface area contributed by atoms with Gasteiger partial charge in [0.1, 0.15) is 5.75 Å². The predicted octanol–water partition coefficient (Wildman–Crippen LogP) is 2.89. The number of methoxy groups -OCH3 is 1. The number of benzene rings is 1. The summed E-state index contributed by atoms with van der Waals surface area (Å²) in [7, 11) is 1.59. The Bertz CT molecular complexity index is 672. The third-order valence-electron chi connectivity index (χ3n) is 3.71. The van der Waals surface area contributed by atoms with E-state index < -0.39 is 0 Å². The molecule has 0 spiro atoms. The van der Waals surface area contributed by atoms with Crippen LogP contribution in [0.15, 0.2) is 42.6 Å². The smallest absolute Gasteiger partial charge is 0.251 e. The van der Waals surface area contributed by atoms with E-state index in [1.165, 1.54) is 0 Å². The number of nitrogens with zero attached hydrogens (tertiary/aromatic N) is 1. The molecule has 2 rings (SSSR count). The van der Waals surface area contributed by atoms with Crippen LogP contribution in [0.25, 0.3) is 11.3 Å². The Morgan fingerprint density at radius 2 is 2.08 bits per heavy atom. The second-order valence-electron chi connectivity index (χ2n) is 6.11. The highest BCUT2D eigenvalue weighted by atomic mass is 16.5. The number of carbonyl (C=O) groups excluding carboxylic acids is 1. The summed E-state index contributed by atoms with van der Waals surface area (Å²) in [6.45, 7) is 4.04. The van der Waals surface area contributed by atoms with Crippen LogP contribution in [0.2, 0.25) is 0 Å². The maximum Gasteiger partial charge on any atom is 0.251 e. The first-order chi connectivity index (χ1) is 11.5. The highest BCUT2D eigenvalue weighted by Crippen LogP contribution is 2.29. The number of pyridine rings is 1. The molecule has 2 N–H and O–H groups in total. The van der Waals surface area contributed by atoms with Crippen LogP contribution in [0.3, 0.4) is 0 Å². The summed E-state index contributed by atoms with van der Waals surface area (Å²) in [6.07, 6.45) is 2.43. The number of amides is 1. The molecule has 0 aliphatic heterocycles. The summed E-state index contributed by atoms with van der Waals surface area (Å²) < 4.78 is 5.38. The molecule has 0 aliphatic rings. The molecule has 5 heteroatoms. The Labute approximate surface area is 142 Å². The van der Waals surface area contributed by atoms with Crippen molar-refractivity contribution in [2.75, 3.05) is 13.7 Å². The standard InChI is InChI=1S/C19H24N2O3/c1-13(2)10-15(12-22)21-19(23)14-7-8-18(24-3)16(11-14)17-6-4-5-9-20-17/h4-9,11,13,15,22H,10,12H2,1-3H3,(H,21,23). The number of nitrogens with one attached hydrogen (secondary N) is 1. The van der Waals surface area contributed by atoms with Crippen LogP contribution in [0.1, 0.15) is 30.6 Å². The van der Waals surface area contributed by atoms with Gasteiger partial charge in [0.25, 0.3) is 5.91 Å². The maximum absolute atomic E-state index is 12.5. The molecule has 2 aromatic rings. The Morgan fingerprint density at radius 3 is 2.67 bits per heavy atom. The lowest BCUT2D eigenvalue weighted by Crippen LogP contribution is -2.38. The molecule has 0 fully saturated rings. The van der Waals surface area contributed by atoms with Crippen molar-refractivity contribution < 1.29 is 14.6 Å². The zero-order valence-corrected chi connectivity index (χ0v) is 14.3. The molecule has 5 nitrogen and oxygen atoms in total. The van der Waals surface area contributed by atoms with Gasteiger partial charge in [-0.3, -0.25) is 9.78 Å². The van der Waals surface area contributed by atoms with Crippen molar-refractivity contribution in [2.45, 2.75) is 26.3 Å². The monoisotopic (exact) mass is 328 g/mol. The largest absolute Gasteiger partial charge is 0.496 e. The third kappa shape index (κ3) is 4.55. The van der Waals surface area contributed by atoms with Crippen LogP contribution < -0.4 is 10.1 Å². The number of rotatable bonds is 7. The van der Waals surface area contributed by atoms with Gasteiger partial charge in [0, 0.05) is 17.3 Å². The summed E-state index contributed by atoms with van der Waals surface area (Å²) in [5.74, 6) is 0.836. The number of ether oxygens (including phenoxy) is 1. The molecule has 0 bridgehead atoms.